The molecule has 0 aliphatic heterocycles. The second kappa shape index (κ2) is 6.37. The molecule has 122 valence electrons. The van der Waals surface area contributed by atoms with Crippen LogP contribution < -0.4 is 5.32 Å². The van der Waals surface area contributed by atoms with E-state index >= 15 is 0 Å². The molecule has 2 heterocycles. The summed E-state index contributed by atoms with van der Waals surface area (Å²) in [5.74, 6) is 1.09. The topological polar surface area (TPSA) is 68.0 Å². The number of hydrogen-bond donors (Lipinski definition) is 1. The highest BCUT2D eigenvalue weighted by atomic mass is 35.5. The molecule has 1 fully saturated rings. The number of thiophene rings is 1. The summed E-state index contributed by atoms with van der Waals surface area (Å²) in [4.78, 5) is 17.4. The maximum Gasteiger partial charge on any atom is 0.270 e. The lowest BCUT2D eigenvalue weighted by atomic mass is 9.85. The Labute approximate surface area is 147 Å². The van der Waals surface area contributed by atoms with Crippen LogP contribution in [0.15, 0.2) is 40.2 Å². The molecule has 0 spiro atoms. The van der Waals surface area contributed by atoms with Crippen LogP contribution in [0.1, 0.15) is 19.3 Å². The van der Waals surface area contributed by atoms with Gasteiger partial charge < -0.3 is 9.84 Å². The van der Waals surface area contributed by atoms with Crippen molar-refractivity contribution < 1.29 is 9.32 Å². The van der Waals surface area contributed by atoms with Crippen LogP contribution in [0.3, 0.4) is 0 Å². The molecule has 0 saturated heterocycles. The van der Waals surface area contributed by atoms with Crippen molar-refractivity contribution >= 4 is 34.5 Å². The number of carbonyl (C=O) groups excluding carboxylic acids is 1. The first-order chi connectivity index (χ1) is 11.7. The minimum absolute atomic E-state index is 0.0679. The average molecular weight is 360 g/mol. The second-order valence-electron chi connectivity index (χ2n) is 5.71. The van der Waals surface area contributed by atoms with Gasteiger partial charge in [0.05, 0.1) is 5.69 Å². The van der Waals surface area contributed by atoms with Crippen LogP contribution in [-0.4, -0.2) is 16.0 Å². The van der Waals surface area contributed by atoms with Crippen molar-refractivity contribution in [2.24, 2.45) is 5.92 Å². The van der Waals surface area contributed by atoms with Gasteiger partial charge in [0.15, 0.2) is 0 Å². The Morgan fingerprint density at radius 3 is 2.75 bits per heavy atom. The van der Waals surface area contributed by atoms with Gasteiger partial charge in [-0.3, -0.25) is 4.79 Å². The highest BCUT2D eigenvalue weighted by Crippen LogP contribution is 2.35. The van der Waals surface area contributed by atoms with E-state index in [0.717, 1.165) is 35.4 Å². The summed E-state index contributed by atoms with van der Waals surface area (Å²) in [6.07, 6.45) is 3.06. The van der Waals surface area contributed by atoms with Crippen molar-refractivity contribution in [2.75, 3.05) is 5.32 Å². The maximum atomic E-state index is 12.1. The van der Waals surface area contributed by atoms with Crippen molar-refractivity contribution in [3.8, 4) is 22.2 Å². The third-order valence-electron chi connectivity index (χ3n) is 4.12. The third-order valence-corrected chi connectivity index (χ3v) is 5.28. The molecular formula is C17H14ClN3O2S. The van der Waals surface area contributed by atoms with E-state index in [2.05, 4.69) is 15.5 Å². The van der Waals surface area contributed by atoms with Gasteiger partial charge in [-0.2, -0.15) is 4.98 Å². The quantitative estimate of drug-likeness (QED) is 0.722. The Kier molecular flexibility index (Phi) is 4.08. The number of hydrogen-bond acceptors (Lipinski definition) is 5. The number of rotatable bonds is 4. The highest BCUT2D eigenvalue weighted by Gasteiger charge is 2.26. The molecule has 2 aromatic heterocycles. The van der Waals surface area contributed by atoms with Gasteiger partial charge in [0.25, 0.3) is 5.89 Å². The fourth-order valence-corrected chi connectivity index (χ4v) is 3.41. The van der Waals surface area contributed by atoms with Gasteiger partial charge in [-0.25, -0.2) is 0 Å². The van der Waals surface area contributed by atoms with Gasteiger partial charge in [0.1, 0.15) is 4.88 Å². The minimum atomic E-state index is 0.0679. The first kappa shape index (κ1) is 15.4. The summed E-state index contributed by atoms with van der Waals surface area (Å²) in [5, 5.41) is 9.55. The number of anilines is 1. The maximum absolute atomic E-state index is 12.1. The number of aromatic nitrogens is 2. The standard InChI is InChI=1S/C17H14ClN3O2S/c18-12-6-4-10(5-7-12)15-20-17(23-21-15)14-13(8-9-24-14)19-16(22)11-2-1-3-11/h4-9,11H,1-3H2,(H,19,22). The van der Waals surface area contributed by atoms with E-state index in [1.807, 2.05) is 23.6 Å². The Morgan fingerprint density at radius 1 is 1.25 bits per heavy atom. The van der Waals surface area contributed by atoms with E-state index in [0.29, 0.717) is 16.7 Å². The number of nitrogens with one attached hydrogen (secondary N) is 1. The second-order valence-corrected chi connectivity index (χ2v) is 7.06. The number of nitrogens with zero attached hydrogens (tertiary/aromatic N) is 2. The molecule has 0 radical (unpaired) electrons. The zero-order chi connectivity index (χ0) is 16.5. The van der Waals surface area contributed by atoms with Crippen molar-refractivity contribution in [1.82, 2.24) is 10.1 Å². The SMILES string of the molecule is O=C(Nc1ccsc1-c1nc(-c2ccc(Cl)cc2)no1)C1CCC1. The lowest BCUT2D eigenvalue weighted by molar-refractivity contribution is -0.122. The first-order valence-corrected chi connectivity index (χ1v) is 8.95. The minimum Gasteiger partial charge on any atom is -0.333 e. The van der Waals surface area contributed by atoms with Gasteiger partial charge in [0.2, 0.25) is 11.7 Å². The molecule has 7 heteroatoms. The summed E-state index contributed by atoms with van der Waals surface area (Å²) in [7, 11) is 0. The van der Waals surface area contributed by atoms with Crippen molar-refractivity contribution in [3.05, 3.63) is 40.7 Å². The van der Waals surface area contributed by atoms with Crippen molar-refractivity contribution in [1.29, 1.82) is 0 Å². The molecule has 1 aromatic carbocycles. The Morgan fingerprint density at radius 2 is 2.04 bits per heavy atom. The summed E-state index contributed by atoms with van der Waals surface area (Å²) in [6, 6.07) is 9.10. The molecule has 1 aliphatic carbocycles. The van der Waals surface area contributed by atoms with Gasteiger partial charge in [-0.15, -0.1) is 11.3 Å². The summed E-state index contributed by atoms with van der Waals surface area (Å²) < 4.78 is 5.38. The molecule has 4 rings (SSSR count). The molecule has 0 bridgehead atoms. The predicted octanol–water partition coefficient (Wildman–Crippen LogP) is 4.86. The van der Waals surface area contributed by atoms with Crippen LogP contribution in [-0.2, 0) is 4.79 Å². The summed E-state index contributed by atoms with van der Waals surface area (Å²) >= 11 is 7.36. The summed E-state index contributed by atoms with van der Waals surface area (Å²) in [6.45, 7) is 0. The largest absolute Gasteiger partial charge is 0.333 e. The third kappa shape index (κ3) is 2.95. The van der Waals surface area contributed by atoms with E-state index in [1.54, 1.807) is 12.1 Å². The molecule has 1 aliphatic rings. The predicted molar refractivity (Wildman–Crippen MR) is 94.0 cm³/mol. The smallest absolute Gasteiger partial charge is 0.270 e. The molecule has 1 N–H and O–H groups in total. The Balaban J connectivity index is 1.57. The highest BCUT2D eigenvalue weighted by molar-refractivity contribution is 7.14. The van der Waals surface area contributed by atoms with Gasteiger partial charge in [-0.1, -0.05) is 23.2 Å². The molecule has 0 unspecified atom stereocenters. The Hall–Kier alpha value is -2.18. The van der Waals surface area contributed by atoms with Crippen LogP contribution in [0.25, 0.3) is 22.2 Å². The molecule has 5 nitrogen and oxygen atoms in total. The van der Waals surface area contributed by atoms with Crippen molar-refractivity contribution in [2.45, 2.75) is 19.3 Å². The molecule has 3 aromatic rings. The molecule has 1 saturated carbocycles. The fourth-order valence-electron chi connectivity index (χ4n) is 2.51. The molecule has 1 amide bonds. The normalized spacial score (nSPS) is 14.4. The lowest BCUT2D eigenvalue weighted by Crippen LogP contribution is -2.28. The van der Waals surface area contributed by atoms with E-state index < -0.39 is 0 Å². The summed E-state index contributed by atoms with van der Waals surface area (Å²) in [5.41, 5.74) is 1.55. The number of benzene rings is 1. The van der Waals surface area contributed by atoms with E-state index in [1.165, 1.54) is 11.3 Å². The van der Waals surface area contributed by atoms with Gasteiger partial charge in [-0.05, 0) is 48.6 Å². The zero-order valence-electron chi connectivity index (χ0n) is 12.7. The van der Waals surface area contributed by atoms with Crippen LogP contribution in [0.5, 0.6) is 0 Å². The van der Waals surface area contributed by atoms with Gasteiger partial charge in [0, 0.05) is 16.5 Å². The average Bonchev–Trinajstić information content (AvgIpc) is 3.15. The van der Waals surface area contributed by atoms with Crippen LogP contribution in [0, 0.1) is 5.92 Å². The van der Waals surface area contributed by atoms with Crippen molar-refractivity contribution in [3.63, 3.8) is 0 Å². The van der Waals surface area contributed by atoms with Crippen LogP contribution in [0.2, 0.25) is 5.02 Å². The van der Waals surface area contributed by atoms with E-state index in [-0.39, 0.29) is 11.8 Å². The van der Waals surface area contributed by atoms with E-state index in [4.69, 9.17) is 16.1 Å². The molecule has 0 atom stereocenters. The molecular weight excluding hydrogens is 346 g/mol. The number of amides is 1. The number of halogens is 1. The first-order valence-electron chi connectivity index (χ1n) is 7.69. The Bertz CT molecular complexity index is 868. The van der Waals surface area contributed by atoms with Gasteiger partial charge >= 0.3 is 0 Å². The molecule has 24 heavy (non-hydrogen) atoms. The fraction of sp³-hybridized carbons (Fsp3) is 0.235. The monoisotopic (exact) mass is 359 g/mol. The van der Waals surface area contributed by atoms with Crippen LogP contribution in [0.4, 0.5) is 5.69 Å². The number of carbonyl (C=O) groups is 1. The lowest BCUT2D eigenvalue weighted by Gasteiger charge is -2.23. The van der Waals surface area contributed by atoms with Crippen LogP contribution >= 0.6 is 22.9 Å². The zero-order valence-corrected chi connectivity index (χ0v) is 14.2. The van der Waals surface area contributed by atoms with E-state index in [9.17, 15) is 4.79 Å².